The molecule has 0 radical (unpaired) electrons. The number of aromatic nitrogens is 1. The summed E-state index contributed by atoms with van der Waals surface area (Å²) in [5, 5.41) is 10.3. The number of nitrogens with zero attached hydrogens (tertiary/aromatic N) is 1. The average molecular weight is 417 g/mol. The Labute approximate surface area is 175 Å². The van der Waals surface area contributed by atoms with E-state index in [2.05, 4.69) is 9.72 Å². The Hall–Kier alpha value is -3.29. The topological polar surface area (TPSA) is 104 Å². The van der Waals surface area contributed by atoms with Gasteiger partial charge < -0.3 is 24.1 Å². The van der Waals surface area contributed by atoms with Crippen LogP contribution in [0.15, 0.2) is 30.5 Å². The number of methoxy groups -OCH3 is 1. The Morgan fingerprint density at radius 3 is 2.27 bits per heavy atom. The van der Waals surface area contributed by atoms with Crippen LogP contribution >= 0.6 is 0 Å². The van der Waals surface area contributed by atoms with Crippen molar-refractivity contribution in [2.24, 2.45) is 0 Å². The Balaban J connectivity index is 1.80. The summed E-state index contributed by atoms with van der Waals surface area (Å²) in [7, 11) is 1.30. The lowest BCUT2D eigenvalue weighted by Gasteiger charge is -2.14. The zero-order chi connectivity index (χ0) is 21.9. The van der Waals surface area contributed by atoms with Crippen LogP contribution < -0.4 is 14.2 Å². The van der Waals surface area contributed by atoms with Gasteiger partial charge in [0.15, 0.2) is 18.1 Å². The molecule has 0 unspecified atom stereocenters. The molecule has 0 bridgehead atoms. The molecule has 0 fully saturated rings. The van der Waals surface area contributed by atoms with Crippen molar-refractivity contribution in [3.8, 4) is 23.0 Å². The maximum Gasteiger partial charge on any atom is 0.343 e. The third-order valence-corrected chi connectivity index (χ3v) is 4.18. The van der Waals surface area contributed by atoms with Gasteiger partial charge in [0, 0.05) is 18.9 Å². The molecule has 1 N–H and O–H groups in total. The monoisotopic (exact) mass is 417 g/mol. The van der Waals surface area contributed by atoms with Gasteiger partial charge in [-0.1, -0.05) is 13.3 Å². The highest BCUT2D eigenvalue weighted by molar-refractivity contribution is 5.95. The molecule has 1 aromatic heterocycles. The number of carbonyl (C=O) groups is 2. The van der Waals surface area contributed by atoms with Crippen molar-refractivity contribution in [1.29, 1.82) is 0 Å². The van der Waals surface area contributed by atoms with Crippen molar-refractivity contribution in [3.05, 3.63) is 41.7 Å². The van der Waals surface area contributed by atoms with E-state index in [9.17, 15) is 14.7 Å². The molecular weight excluding hydrogens is 390 g/mol. The standard InChI is InChI=1S/C22H27NO7/c1-4-6-18-19(13-23-21(15(2)24)22(18)26)29-12-5-11-28-16-7-9-17(10-8-16)30-14-20(25)27-3/h7-10,13,26H,4-6,11-12,14H2,1-3H3. The van der Waals surface area contributed by atoms with E-state index in [1.807, 2.05) is 6.92 Å². The summed E-state index contributed by atoms with van der Waals surface area (Å²) in [6.07, 6.45) is 3.48. The molecule has 2 rings (SSSR count). The van der Waals surface area contributed by atoms with Crippen molar-refractivity contribution in [2.75, 3.05) is 26.9 Å². The van der Waals surface area contributed by atoms with Gasteiger partial charge in [-0.25, -0.2) is 9.78 Å². The molecule has 0 aliphatic carbocycles. The molecule has 8 heteroatoms. The van der Waals surface area contributed by atoms with Gasteiger partial charge in [0.2, 0.25) is 0 Å². The van der Waals surface area contributed by atoms with E-state index in [0.29, 0.717) is 48.9 Å². The third kappa shape index (κ3) is 6.65. The van der Waals surface area contributed by atoms with Crippen molar-refractivity contribution < 1.29 is 33.6 Å². The Bertz CT molecular complexity index is 849. The van der Waals surface area contributed by atoms with Crippen LogP contribution in [0.25, 0.3) is 0 Å². The van der Waals surface area contributed by atoms with Crippen LogP contribution in [-0.2, 0) is 16.0 Å². The molecule has 162 valence electrons. The zero-order valence-electron chi connectivity index (χ0n) is 17.5. The van der Waals surface area contributed by atoms with Crippen LogP contribution in [0.2, 0.25) is 0 Å². The lowest BCUT2D eigenvalue weighted by molar-refractivity contribution is -0.142. The van der Waals surface area contributed by atoms with Crippen LogP contribution in [-0.4, -0.2) is 48.8 Å². The number of hydrogen-bond donors (Lipinski definition) is 1. The minimum Gasteiger partial charge on any atom is -0.505 e. The van der Waals surface area contributed by atoms with E-state index in [4.69, 9.17) is 14.2 Å². The SMILES string of the molecule is CCCc1c(OCCCOc2ccc(OCC(=O)OC)cc2)cnc(C(C)=O)c1O. The fraction of sp³-hybridized carbons (Fsp3) is 0.409. The van der Waals surface area contributed by atoms with E-state index in [1.165, 1.54) is 20.2 Å². The average Bonchev–Trinajstić information content (AvgIpc) is 2.74. The summed E-state index contributed by atoms with van der Waals surface area (Å²) in [6.45, 7) is 4.00. The lowest BCUT2D eigenvalue weighted by Crippen LogP contribution is -2.12. The van der Waals surface area contributed by atoms with Gasteiger partial charge in [-0.2, -0.15) is 0 Å². The molecule has 2 aromatic rings. The van der Waals surface area contributed by atoms with E-state index in [1.54, 1.807) is 24.3 Å². The fourth-order valence-corrected chi connectivity index (χ4v) is 2.66. The normalized spacial score (nSPS) is 10.4. The number of ether oxygens (including phenoxy) is 4. The fourth-order valence-electron chi connectivity index (χ4n) is 2.66. The minimum atomic E-state index is -0.447. The lowest BCUT2D eigenvalue weighted by atomic mass is 10.1. The number of benzene rings is 1. The third-order valence-electron chi connectivity index (χ3n) is 4.18. The molecule has 0 atom stereocenters. The summed E-state index contributed by atoms with van der Waals surface area (Å²) in [6, 6.07) is 6.90. The molecule has 0 amide bonds. The first-order valence-corrected chi connectivity index (χ1v) is 9.73. The van der Waals surface area contributed by atoms with Crippen molar-refractivity contribution >= 4 is 11.8 Å². The molecule has 1 aromatic carbocycles. The Kier molecular flexibility index (Phi) is 8.93. The van der Waals surface area contributed by atoms with Crippen LogP contribution in [0.3, 0.4) is 0 Å². The number of hydrogen-bond acceptors (Lipinski definition) is 8. The predicted molar refractivity (Wildman–Crippen MR) is 109 cm³/mol. The second kappa shape index (κ2) is 11.6. The van der Waals surface area contributed by atoms with E-state index in [-0.39, 0.29) is 23.8 Å². The van der Waals surface area contributed by atoms with Crippen LogP contribution in [0.5, 0.6) is 23.0 Å². The highest BCUT2D eigenvalue weighted by Gasteiger charge is 2.17. The predicted octanol–water partition coefficient (Wildman–Crippen LogP) is 3.34. The minimum absolute atomic E-state index is 0.0631. The molecule has 8 nitrogen and oxygen atoms in total. The number of carbonyl (C=O) groups excluding carboxylic acids is 2. The summed E-state index contributed by atoms with van der Waals surface area (Å²) in [5.74, 6) is 0.848. The first kappa shape index (κ1) is 23.0. The number of pyridine rings is 1. The number of Topliss-reactive ketones (excluding diaryl/α,β-unsaturated/α-hetero) is 1. The Morgan fingerprint density at radius 1 is 1.03 bits per heavy atom. The first-order valence-electron chi connectivity index (χ1n) is 9.73. The highest BCUT2D eigenvalue weighted by Crippen LogP contribution is 2.31. The highest BCUT2D eigenvalue weighted by atomic mass is 16.6. The molecule has 0 saturated carbocycles. The van der Waals surface area contributed by atoms with Crippen LogP contribution in [0.1, 0.15) is 42.7 Å². The van der Waals surface area contributed by atoms with Crippen molar-refractivity contribution in [3.63, 3.8) is 0 Å². The first-order chi connectivity index (χ1) is 14.5. The molecule has 0 saturated heterocycles. The second-order valence-corrected chi connectivity index (χ2v) is 6.49. The maximum absolute atomic E-state index is 11.6. The van der Waals surface area contributed by atoms with Gasteiger partial charge in [0.1, 0.15) is 22.9 Å². The van der Waals surface area contributed by atoms with Crippen LogP contribution in [0.4, 0.5) is 0 Å². The summed E-state index contributed by atoms with van der Waals surface area (Å²) in [5.41, 5.74) is 0.661. The quantitative estimate of drug-likeness (QED) is 0.319. The van der Waals surface area contributed by atoms with Gasteiger partial charge in [0.05, 0.1) is 26.5 Å². The van der Waals surface area contributed by atoms with Gasteiger partial charge in [-0.3, -0.25) is 4.79 Å². The summed E-state index contributed by atoms with van der Waals surface area (Å²) < 4.78 is 21.2. The second-order valence-electron chi connectivity index (χ2n) is 6.49. The van der Waals surface area contributed by atoms with Gasteiger partial charge in [-0.05, 0) is 30.7 Å². The Morgan fingerprint density at radius 2 is 1.67 bits per heavy atom. The molecule has 0 spiro atoms. The summed E-state index contributed by atoms with van der Waals surface area (Å²) >= 11 is 0. The molecule has 0 aliphatic heterocycles. The summed E-state index contributed by atoms with van der Waals surface area (Å²) in [4.78, 5) is 26.6. The van der Waals surface area contributed by atoms with Gasteiger partial charge >= 0.3 is 5.97 Å². The molecule has 30 heavy (non-hydrogen) atoms. The van der Waals surface area contributed by atoms with E-state index >= 15 is 0 Å². The number of rotatable bonds is 12. The van der Waals surface area contributed by atoms with Gasteiger partial charge in [0.25, 0.3) is 0 Å². The number of aromatic hydroxyl groups is 1. The number of esters is 1. The van der Waals surface area contributed by atoms with Crippen LogP contribution in [0, 0.1) is 0 Å². The molecule has 1 heterocycles. The largest absolute Gasteiger partial charge is 0.505 e. The van der Waals surface area contributed by atoms with Gasteiger partial charge in [-0.15, -0.1) is 0 Å². The molecule has 0 aliphatic rings. The maximum atomic E-state index is 11.6. The van der Waals surface area contributed by atoms with Crippen molar-refractivity contribution in [1.82, 2.24) is 4.98 Å². The number of ketones is 1. The van der Waals surface area contributed by atoms with Crippen molar-refractivity contribution in [2.45, 2.75) is 33.1 Å². The van der Waals surface area contributed by atoms with E-state index < -0.39 is 5.97 Å². The smallest absolute Gasteiger partial charge is 0.343 e. The zero-order valence-corrected chi connectivity index (χ0v) is 17.5. The molecular formula is C22H27NO7. The van der Waals surface area contributed by atoms with E-state index in [0.717, 1.165) is 6.42 Å².